The Labute approximate surface area is 148 Å². The fraction of sp³-hybridized carbons (Fsp3) is 0.632. The minimum atomic E-state index is 0.132. The summed E-state index contributed by atoms with van der Waals surface area (Å²) in [6, 6.07) is 6.25. The first-order chi connectivity index (χ1) is 12.2. The third-order valence-electron chi connectivity index (χ3n) is 5.70. The molecule has 0 saturated carbocycles. The van der Waals surface area contributed by atoms with Crippen molar-refractivity contribution >= 4 is 16.9 Å². The van der Waals surface area contributed by atoms with Gasteiger partial charge in [-0.25, -0.2) is 4.68 Å². The molecule has 0 bridgehead atoms. The number of rotatable bonds is 2. The lowest BCUT2D eigenvalue weighted by atomic mass is 10.0. The van der Waals surface area contributed by atoms with E-state index in [4.69, 9.17) is 0 Å². The van der Waals surface area contributed by atoms with Gasteiger partial charge in [0, 0.05) is 31.7 Å². The number of hydrogen-bond acceptors (Lipinski definition) is 4. The maximum Gasteiger partial charge on any atom is 0.253 e. The molecule has 3 heterocycles. The van der Waals surface area contributed by atoms with Crippen LogP contribution in [0, 0.1) is 0 Å². The van der Waals surface area contributed by atoms with Crippen LogP contribution in [0.25, 0.3) is 11.0 Å². The van der Waals surface area contributed by atoms with Crippen LogP contribution in [0.15, 0.2) is 18.2 Å². The number of hydrogen-bond donors (Lipinski definition) is 0. The van der Waals surface area contributed by atoms with Crippen LogP contribution in [0.1, 0.15) is 48.9 Å². The molecule has 1 aromatic heterocycles. The molecule has 2 aromatic rings. The van der Waals surface area contributed by atoms with Crippen LogP contribution >= 0.6 is 0 Å². The third-order valence-corrected chi connectivity index (χ3v) is 5.70. The van der Waals surface area contributed by atoms with Crippen LogP contribution in [-0.2, 0) is 7.05 Å². The molecule has 2 aliphatic rings. The second kappa shape index (κ2) is 7.12. The Morgan fingerprint density at radius 3 is 2.68 bits per heavy atom. The van der Waals surface area contributed by atoms with Crippen LogP contribution in [0.2, 0.25) is 0 Å². The van der Waals surface area contributed by atoms with Gasteiger partial charge >= 0.3 is 0 Å². The van der Waals surface area contributed by atoms with Gasteiger partial charge in [-0.1, -0.05) is 18.1 Å². The molecule has 0 radical (unpaired) electrons. The molecule has 1 amide bonds. The first-order valence-corrected chi connectivity index (χ1v) is 9.55. The minimum absolute atomic E-state index is 0.132. The summed E-state index contributed by atoms with van der Waals surface area (Å²) in [5, 5.41) is 8.17. The average Bonchev–Trinajstić information content (AvgIpc) is 2.86. The van der Waals surface area contributed by atoms with E-state index in [1.807, 2.05) is 30.1 Å². The summed E-state index contributed by atoms with van der Waals surface area (Å²) < 4.78 is 1.74. The summed E-state index contributed by atoms with van der Waals surface area (Å²) >= 11 is 0. The molecular weight excluding hydrogens is 314 g/mol. The molecular formula is C19H27N5O. The minimum Gasteiger partial charge on any atom is -0.337 e. The molecule has 2 saturated heterocycles. The van der Waals surface area contributed by atoms with Gasteiger partial charge < -0.3 is 4.90 Å². The number of aromatic nitrogens is 3. The highest BCUT2D eigenvalue weighted by Crippen LogP contribution is 2.22. The van der Waals surface area contributed by atoms with Crippen molar-refractivity contribution in [1.29, 1.82) is 0 Å². The van der Waals surface area contributed by atoms with Gasteiger partial charge in [0.2, 0.25) is 0 Å². The standard InChI is InChI=1S/C19H27N5O/c1-22-18-9-8-15(13-17(18)20-21-22)19(25)24-12-6-7-16(14-24)23-10-4-2-3-5-11-23/h8-9,13,16H,2-7,10-12,14H2,1H3. The Morgan fingerprint density at radius 2 is 1.88 bits per heavy atom. The zero-order valence-corrected chi connectivity index (χ0v) is 15.0. The quantitative estimate of drug-likeness (QED) is 0.842. The van der Waals surface area contributed by atoms with Crippen molar-refractivity contribution < 1.29 is 4.79 Å². The van der Waals surface area contributed by atoms with Gasteiger partial charge in [-0.2, -0.15) is 0 Å². The Kier molecular flexibility index (Phi) is 4.70. The van der Waals surface area contributed by atoms with Gasteiger partial charge in [0.15, 0.2) is 0 Å². The van der Waals surface area contributed by atoms with E-state index in [0.29, 0.717) is 6.04 Å². The van der Waals surface area contributed by atoms with E-state index in [2.05, 4.69) is 15.2 Å². The summed E-state index contributed by atoms with van der Waals surface area (Å²) in [5.41, 5.74) is 2.47. The predicted octanol–water partition coefficient (Wildman–Crippen LogP) is 2.45. The van der Waals surface area contributed by atoms with Gasteiger partial charge in [0.05, 0.1) is 5.52 Å². The molecule has 2 aliphatic heterocycles. The lowest BCUT2D eigenvalue weighted by Gasteiger charge is -2.39. The number of aryl methyl sites for hydroxylation is 1. The highest BCUT2D eigenvalue weighted by Gasteiger charge is 2.28. The maximum atomic E-state index is 13.0. The zero-order chi connectivity index (χ0) is 17.2. The fourth-order valence-electron chi connectivity index (χ4n) is 4.25. The van der Waals surface area contributed by atoms with Gasteiger partial charge in [0.1, 0.15) is 5.52 Å². The van der Waals surface area contributed by atoms with Crippen molar-refractivity contribution in [1.82, 2.24) is 24.8 Å². The molecule has 134 valence electrons. The first-order valence-electron chi connectivity index (χ1n) is 9.55. The number of carbonyl (C=O) groups excluding carboxylic acids is 1. The summed E-state index contributed by atoms with van der Waals surface area (Å²) in [5.74, 6) is 0.132. The number of carbonyl (C=O) groups is 1. The van der Waals surface area contributed by atoms with Gasteiger partial charge in [-0.05, 0) is 57.0 Å². The number of fused-ring (bicyclic) bond motifs is 1. The summed E-state index contributed by atoms with van der Waals surface area (Å²) in [6.45, 7) is 4.11. The number of benzene rings is 1. The van der Waals surface area contributed by atoms with Gasteiger partial charge in [0.25, 0.3) is 5.91 Å². The van der Waals surface area contributed by atoms with E-state index in [1.165, 1.54) is 45.2 Å². The van der Waals surface area contributed by atoms with E-state index < -0.39 is 0 Å². The molecule has 0 spiro atoms. The van der Waals surface area contributed by atoms with Crippen molar-refractivity contribution in [3.8, 4) is 0 Å². The Balaban J connectivity index is 1.48. The maximum absolute atomic E-state index is 13.0. The summed E-state index contributed by atoms with van der Waals surface area (Å²) in [4.78, 5) is 17.7. The highest BCUT2D eigenvalue weighted by molar-refractivity contribution is 5.97. The second-order valence-electron chi connectivity index (χ2n) is 7.41. The van der Waals surface area contributed by atoms with E-state index in [-0.39, 0.29) is 5.91 Å². The van der Waals surface area contributed by atoms with Crippen LogP contribution < -0.4 is 0 Å². The lowest BCUT2D eigenvalue weighted by Crippen LogP contribution is -2.50. The molecule has 1 aromatic carbocycles. The van der Waals surface area contributed by atoms with Crippen molar-refractivity contribution in [2.75, 3.05) is 26.2 Å². The number of nitrogens with zero attached hydrogens (tertiary/aromatic N) is 5. The topological polar surface area (TPSA) is 54.3 Å². The lowest BCUT2D eigenvalue weighted by molar-refractivity contribution is 0.0579. The Hall–Kier alpha value is -1.95. The zero-order valence-electron chi connectivity index (χ0n) is 15.0. The SMILES string of the molecule is Cn1nnc2cc(C(=O)N3CCCC(N4CCCCCC4)C3)ccc21. The number of amides is 1. The van der Waals surface area contributed by atoms with E-state index in [9.17, 15) is 4.79 Å². The largest absolute Gasteiger partial charge is 0.337 e. The van der Waals surface area contributed by atoms with Crippen molar-refractivity contribution in [2.24, 2.45) is 7.05 Å². The second-order valence-corrected chi connectivity index (χ2v) is 7.41. The Morgan fingerprint density at radius 1 is 1.08 bits per heavy atom. The monoisotopic (exact) mass is 341 g/mol. The molecule has 1 unspecified atom stereocenters. The summed E-state index contributed by atoms with van der Waals surface area (Å²) in [6.07, 6.45) is 7.61. The normalized spacial score (nSPS) is 22.9. The number of piperidine rings is 1. The van der Waals surface area contributed by atoms with Crippen molar-refractivity contribution in [3.05, 3.63) is 23.8 Å². The Bertz CT molecular complexity index is 747. The fourth-order valence-corrected chi connectivity index (χ4v) is 4.25. The molecule has 0 N–H and O–H groups in total. The van der Waals surface area contributed by atoms with E-state index in [0.717, 1.165) is 36.1 Å². The molecule has 6 heteroatoms. The molecule has 2 fully saturated rings. The van der Waals surface area contributed by atoms with Crippen molar-refractivity contribution in [3.63, 3.8) is 0 Å². The van der Waals surface area contributed by atoms with Gasteiger partial charge in [-0.15, -0.1) is 5.10 Å². The average molecular weight is 341 g/mol. The highest BCUT2D eigenvalue weighted by atomic mass is 16.2. The smallest absolute Gasteiger partial charge is 0.253 e. The van der Waals surface area contributed by atoms with Crippen LogP contribution in [0.5, 0.6) is 0 Å². The van der Waals surface area contributed by atoms with Crippen LogP contribution in [0.3, 0.4) is 0 Å². The number of likely N-dealkylation sites (tertiary alicyclic amines) is 2. The van der Waals surface area contributed by atoms with Gasteiger partial charge in [-0.3, -0.25) is 9.69 Å². The van der Waals surface area contributed by atoms with Crippen molar-refractivity contribution in [2.45, 2.75) is 44.6 Å². The van der Waals surface area contributed by atoms with Crippen LogP contribution in [-0.4, -0.2) is 62.9 Å². The summed E-state index contributed by atoms with van der Waals surface area (Å²) in [7, 11) is 1.87. The first kappa shape index (κ1) is 16.5. The predicted molar refractivity (Wildman–Crippen MR) is 97.5 cm³/mol. The third kappa shape index (κ3) is 3.40. The molecule has 0 aliphatic carbocycles. The molecule has 6 nitrogen and oxygen atoms in total. The van der Waals surface area contributed by atoms with E-state index in [1.54, 1.807) is 4.68 Å². The van der Waals surface area contributed by atoms with E-state index >= 15 is 0 Å². The molecule has 25 heavy (non-hydrogen) atoms. The van der Waals surface area contributed by atoms with Crippen LogP contribution in [0.4, 0.5) is 0 Å². The molecule has 4 rings (SSSR count). The molecule has 1 atom stereocenters.